The molecule has 15 heavy (non-hydrogen) atoms. The minimum Gasteiger partial charge on any atom is -0.323 e. The Bertz CT molecular complexity index is 303. The zero-order chi connectivity index (χ0) is 10.7. The average molecular weight is 242 g/mol. The smallest absolute Gasteiger partial charge is 0.0931 e. The third kappa shape index (κ3) is 3.20. The van der Waals surface area contributed by atoms with E-state index < -0.39 is 0 Å². The molecule has 1 fully saturated rings. The Labute approximate surface area is 99.7 Å². The molecular weight excluding hydrogens is 224 g/mol. The maximum Gasteiger partial charge on any atom is 0.0931 e. The molecular formula is C11H18N2S2. The van der Waals surface area contributed by atoms with E-state index in [1.165, 1.54) is 29.4 Å². The number of rotatable bonds is 3. The SMILES string of the molecule is CC(N)c1csc(CC2CCSCC2)n1. The number of nitrogens with two attached hydrogens (primary N) is 1. The maximum absolute atomic E-state index is 5.80. The summed E-state index contributed by atoms with van der Waals surface area (Å²) in [5.41, 5.74) is 6.86. The molecule has 2 heterocycles. The van der Waals surface area contributed by atoms with Gasteiger partial charge in [-0.2, -0.15) is 11.8 Å². The van der Waals surface area contributed by atoms with Gasteiger partial charge in [-0.05, 0) is 37.2 Å². The third-order valence-corrected chi connectivity index (χ3v) is 4.78. The first-order valence-corrected chi connectivity index (χ1v) is 7.57. The highest BCUT2D eigenvalue weighted by Crippen LogP contribution is 2.27. The van der Waals surface area contributed by atoms with Crippen LogP contribution in [-0.2, 0) is 6.42 Å². The molecule has 1 saturated heterocycles. The molecule has 1 unspecified atom stereocenters. The summed E-state index contributed by atoms with van der Waals surface area (Å²) in [6.45, 7) is 2.00. The molecule has 1 aliphatic rings. The van der Waals surface area contributed by atoms with Crippen molar-refractivity contribution in [1.82, 2.24) is 4.98 Å². The van der Waals surface area contributed by atoms with Crippen molar-refractivity contribution >= 4 is 23.1 Å². The molecule has 4 heteroatoms. The van der Waals surface area contributed by atoms with E-state index in [-0.39, 0.29) is 6.04 Å². The second-order valence-corrected chi connectivity index (χ2v) is 6.38. The van der Waals surface area contributed by atoms with Crippen LogP contribution < -0.4 is 5.73 Å². The highest BCUT2D eigenvalue weighted by atomic mass is 32.2. The highest BCUT2D eigenvalue weighted by molar-refractivity contribution is 7.99. The molecule has 1 atom stereocenters. The maximum atomic E-state index is 5.80. The highest BCUT2D eigenvalue weighted by Gasteiger charge is 2.16. The lowest BCUT2D eigenvalue weighted by Gasteiger charge is -2.19. The molecule has 1 aromatic rings. The molecule has 2 nitrogen and oxygen atoms in total. The van der Waals surface area contributed by atoms with E-state index >= 15 is 0 Å². The molecule has 1 aliphatic heterocycles. The van der Waals surface area contributed by atoms with Gasteiger partial charge in [0, 0.05) is 17.8 Å². The van der Waals surface area contributed by atoms with Crippen LogP contribution in [-0.4, -0.2) is 16.5 Å². The molecule has 1 aromatic heterocycles. The lowest BCUT2D eigenvalue weighted by Crippen LogP contribution is -2.12. The van der Waals surface area contributed by atoms with Crippen molar-refractivity contribution in [2.75, 3.05) is 11.5 Å². The van der Waals surface area contributed by atoms with Gasteiger partial charge in [-0.25, -0.2) is 4.98 Å². The summed E-state index contributed by atoms with van der Waals surface area (Å²) in [5, 5.41) is 3.39. The molecule has 2 N–H and O–H groups in total. The summed E-state index contributed by atoms with van der Waals surface area (Å²) >= 11 is 3.86. The van der Waals surface area contributed by atoms with Crippen molar-refractivity contribution in [2.45, 2.75) is 32.2 Å². The fourth-order valence-corrected chi connectivity index (χ4v) is 4.04. The molecule has 0 spiro atoms. The van der Waals surface area contributed by atoms with Crippen LogP contribution in [0.5, 0.6) is 0 Å². The lowest BCUT2D eigenvalue weighted by molar-refractivity contribution is 0.486. The average Bonchev–Trinajstić information content (AvgIpc) is 2.68. The Kier molecular flexibility index (Phi) is 4.05. The van der Waals surface area contributed by atoms with Gasteiger partial charge in [0.15, 0.2) is 0 Å². The van der Waals surface area contributed by atoms with Crippen molar-refractivity contribution in [1.29, 1.82) is 0 Å². The Balaban J connectivity index is 1.91. The number of nitrogens with zero attached hydrogens (tertiary/aromatic N) is 1. The first-order chi connectivity index (χ1) is 7.25. The second kappa shape index (κ2) is 5.32. The topological polar surface area (TPSA) is 38.9 Å². The first-order valence-electron chi connectivity index (χ1n) is 5.53. The molecule has 0 aliphatic carbocycles. The molecule has 0 saturated carbocycles. The van der Waals surface area contributed by atoms with Crippen LogP contribution in [0.1, 0.15) is 36.5 Å². The van der Waals surface area contributed by atoms with Crippen molar-refractivity contribution in [3.8, 4) is 0 Å². The van der Waals surface area contributed by atoms with Crippen LogP contribution in [0.15, 0.2) is 5.38 Å². The van der Waals surface area contributed by atoms with Gasteiger partial charge >= 0.3 is 0 Å². The van der Waals surface area contributed by atoms with Crippen LogP contribution in [0.25, 0.3) is 0 Å². The Morgan fingerprint density at radius 2 is 2.27 bits per heavy atom. The van der Waals surface area contributed by atoms with Gasteiger partial charge < -0.3 is 5.73 Å². The van der Waals surface area contributed by atoms with Gasteiger partial charge in [0.1, 0.15) is 0 Å². The number of aromatic nitrogens is 1. The number of hydrogen-bond donors (Lipinski definition) is 1. The minimum atomic E-state index is 0.0805. The second-order valence-electron chi connectivity index (χ2n) is 4.21. The van der Waals surface area contributed by atoms with Crippen molar-refractivity contribution < 1.29 is 0 Å². The van der Waals surface area contributed by atoms with Crippen LogP contribution in [0.4, 0.5) is 0 Å². The monoisotopic (exact) mass is 242 g/mol. The van der Waals surface area contributed by atoms with Crippen molar-refractivity contribution in [2.24, 2.45) is 11.7 Å². The molecule has 0 bridgehead atoms. The summed E-state index contributed by atoms with van der Waals surface area (Å²) in [5.74, 6) is 3.52. The van der Waals surface area contributed by atoms with Gasteiger partial charge in [0.2, 0.25) is 0 Å². The molecule has 2 rings (SSSR count). The molecule has 0 radical (unpaired) electrons. The summed E-state index contributed by atoms with van der Waals surface area (Å²) in [6, 6.07) is 0.0805. The van der Waals surface area contributed by atoms with Gasteiger partial charge in [-0.1, -0.05) is 0 Å². The molecule has 0 aromatic carbocycles. The number of hydrogen-bond acceptors (Lipinski definition) is 4. The predicted octanol–water partition coefficient (Wildman–Crippen LogP) is 2.85. The van der Waals surface area contributed by atoms with E-state index in [1.807, 2.05) is 6.92 Å². The van der Waals surface area contributed by atoms with E-state index in [1.54, 1.807) is 11.3 Å². The standard InChI is InChI=1S/C11H18N2S2/c1-8(12)10-7-15-11(13-10)6-9-2-4-14-5-3-9/h7-9H,2-6,12H2,1H3. The van der Waals surface area contributed by atoms with Crippen LogP contribution in [0, 0.1) is 5.92 Å². The van der Waals surface area contributed by atoms with Gasteiger partial charge in [0.25, 0.3) is 0 Å². The summed E-state index contributed by atoms with van der Waals surface area (Å²) in [4.78, 5) is 4.59. The predicted molar refractivity (Wildman–Crippen MR) is 68.5 cm³/mol. The summed E-state index contributed by atoms with van der Waals surface area (Å²) in [6.07, 6.45) is 3.88. The normalized spacial score (nSPS) is 20.4. The third-order valence-electron chi connectivity index (χ3n) is 2.84. The van der Waals surface area contributed by atoms with E-state index in [0.29, 0.717) is 0 Å². The zero-order valence-corrected chi connectivity index (χ0v) is 10.7. The van der Waals surface area contributed by atoms with Crippen LogP contribution in [0.3, 0.4) is 0 Å². The van der Waals surface area contributed by atoms with Crippen molar-refractivity contribution in [3.05, 3.63) is 16.1 Å². The zero-order valence-electron chi connectivity index (χ0n) is 9.11. The summed E-state index contributed by atoms with van der Waals surface area (Å²) < 4.78 is 0. The molecule has 84 valence electrons. The summed E-state index contributed by atoms with van der Waals surface area (Å²) in [7, 11) is 0. The van der Waals surface area contributed by atoms with E-state index in [4.69, 9.17) is 5.73 Å². The number of thiazole rings is 1. The van der Waals surface area contributed by atoms with Gasteiger partial charge in [0.05, 0.1) is 10.7 Å². The quantitative estimate of drug-likeness (QED) is 0.886. The largest absolute Gasteiger partial charge is 0.323 e. The minimum absolute atomic E-state index is 0.0805. The van der Waals surface area contributed by atoms with Crippen LogP contribution >= 0.6 is 23.1 Å². The Hall–Kier alpha value is -0.0600. The van der Waals surface area contributed by atoms with Gasteiger partial charge in [-0.3, -0.25) is 0 Å². The Morgan fingerprint density at radius 1 is 1.53 bits per heavy atom. The van der Waals surface area contributed by atoms with E-state index in [2.05, 4.69) is 22.1 Å². The fourth-order valence-electron chi connectivity index (χ4n) is 1.83. The first kappa shape index (κ1) is 11.4. The lowest BCUT2D eigenvalue weighted by atomic mass is 9.99. The van der Waals surface area contributed by atoms with Gasteiger partial charge in [-0.15, -0.1) is 11.3 Å². The Morgan fingerprint density at radius 3 is 2.87 bits per heavy atom. The van der Waals surface area contributed by atoms with E-state index in [0.717, 1.165) is 18.0 Å². The van der Waals surface area contributed by atoms with E-state index in [9.17, 15) is 0 Å². The molecule has 0 amide bonds. The van der Waals surface area contributed by atoms with Crippen LogP contribution in [0.2, 0.25) is 0 Å². The van der Waals surface area contributed by atoms with Crippen molar-refractivity contribution in [3.63, 3.8) is 0 Å². The fraction of sp³-hybridized carbons (Fsp3) is 0.727. The number of thioether (sulfide) groups is 1.